The molecule has 2 N–H and O–H groups in total. The molecule has 0 fully saturated rings. The highest BCUT2D eigenvalue weighted by Crippen LogP contribution is 1.98. The van der Waals surface area contributed by atoms with Gasteiger partial charge in [-0.2, -0.15) is 0 Å². The Balaban J connectivity index is 3.81. The predicted octanol–water partition coefficient (Wildman–Crippen LogP) is 0.984. The van der Waals surface area contributed by atoms with Crippen LogP contribution in [-0.4, -0.2) is 30.4 Å². The summed E-state index contributed by atoms with van der Waals surface area (Å²) in [6.07, 6.45) is 2.58. The number of hydrogen-bond acceptors (Lipinski definition) is 2. The summed E-state index contributed by atoms with van der Waals surface area (Å²) in [7, 11) is 0. The van der Waals surface area contributed by atoms with Crippen molar-refractivity contribution >= 4 is 5.91 Å². The van der Waals surface area contributed by atoms with E-state index in [0.29, 0.717) is 19.5 Å². The van der Waals surface area contributed by atoms with Crippen molar-refractivity contribution in [3.05, 3.63) is 0 Å². The van der Waals surface area contributed by atoms with E-state index >= 15 is 0 Å². The molecule has 0 saturated carbocycles. The minimum absolute atomic E-state index is 0.241. The summed E-state index contributed by atoms with van der Waals surface area (Å²) in [6.45, 7) is 6.20. The van der Waals surface area contributed by atoms with Crippen molar-refractivity contribution in [1.29, 1.82) is 0 Å². The molecule has 0 atom stereocenters. The highest BCUT2D eigenvalue weighted by Gasteiger charge is 2.09. The summed E-state index contributed by atoms with van der Waals surface area (Å²) in [5.74, 6) is 0.241. The van der Waals surface area contributed by atoms with Crippen molar-refractivity contribution in [2.75, 3.05) is 19.6 Å². The maximum Gasteiger partial charge on any atom is 0.222 e. The van der Waals surface area contributed by atoms with Crippen molar-refractivity contribution in [3.8, 4) is 0 Å². The quantitative estimate of drug-likeness (QED) is 0.649. The SMILES string of the molecule is CCCC(=O)N(CCC)CCN. The highest BCUT2D eigenvalue weighted by atomic mass is 16.2. The van der Waals surface area contributed by atoms with E-state index in [1.165, 1.54) is 0 Å². The molecule has 0 unspecified atom stereocenters. The molecular formula is C9H20N2O. The topological polar surface area (TPSA) is 46.3 Å². The minimum atomic E-state index is 0.241. The molecule has 72 valence electrons. The number of carbonyl (C=O) groups is 1. The Kier molecular flexibility index (Phi) is 6.76. The van der Waals surface area contributed by atoms with Crippen LogP contribution in [0.15, 0.2) is 0 Å². The second-order valence-corrected chi connectivity index (χ2v) is 2.92. The Bertz CT molecular complexity index is 120. The van der Waals surface area contributed by atoms with Crippen LogP contribution in [0.3, 0.4) is 0 Å². The molecule has 12 heavy (non-hydrogen) atoms. The maximum atomic E-state index is 11.4. The average Bonchev–Trinajstić information content (AvgIpc) is 2.04. The first-order valence-electron chi connectivity index (χ1n) is 4.74. The fraction of sp³-hybridized carbons (Fsp3) is 0.889. The zero-order chi connectivity index (χ0) is 9.40. The van der Waals surface area contributed by atoms with Crippen molar-refractivity contribution in [2.45, 2.75) is 33.1 Å². The first-order valence-corrected chi connectivity index (χ1v) is 4.74. The summed E-state index contributed by atoms with van der Waals surface area (Å²) in [6, 6.07) is 0. The van der Waals surface area contributed by atoms with E-state index in [0.717, 1.165) is 19.4 Å². The van der Waals surface area contributed by atoms with E-state index in [4.69, 9.17) is 5.73 Å². The molecule has 0 spiro atoms. The molecule has 0 aromatic carbocycles. The lowest BCUT2D eigenvalue weighted by Crippen LogP contribution is -2.35. The highest BCUT2D eigenvalue weighted by molar-refractivity contribution is 5.76. The molecule has 0 rings (SSSR count). The van der Waals surface area contributed by atoms with Gasteiger partial charge in [0.2, 0.25) is 5.91 Å². The molecule has 0 aromatic rings. The number of amides is 1. The number of carbonyl (C=O) groups excluding carboxylic acids is 1. The number of hydrogen-bond donors (Lipinski definition) is 1. The van der Waals surface area contributed by atoms with Crippen LogP contribution in [0.4, 0.5) is 0 Å². The molecule has 0 aliphatic carbocycles. The van der Waals surface area contributed by atoms with Crippen molar-refractivity contribution in [2.24, 2.45) is 5.73 Å². The Hall–Kier alpha value is -0.570. The van der Waals surface area contributed by atoms with Crippen LogP contribution in [0, 0.1) is 0 Å². The molecule has 0 aliphatic heterocycles. The Labute approximate surface area is 74.9 Å². The second kappa shape index (κ2) is 7.10. The van der Waals surface area contributed by atoms with Gasteiger partial charge in [-0.1, -0.05) is 13.8 Å². The van der Waals surface area contributed by atoms with E-state index < -0.39 is 0 Å². The molecule has 0 bridgehead atoms. The van der Waals surface area contributed by atoms with Crippen LogP contribution in [-0.2, 0) is 4.79 Å². The van der Waals surface area contributed by atoms with Crippen LogP contribution in [0.1, 0.15) is 33.1 Å². The third-order valence-corrected chi connectivity index (χ3v) is 1.71. The van der Waals surface area contributed by atoms with Crippen LogP contribution in [0.25, 0.3) is 0 Å². The minimum Gasteiger partial charge on any atom is -0.341 e. The van der Waals surface area contributed by atoms with E-state index in [9.17, 15) is 4.79 Å². The third kappa shape index (κ3) is 4.34. The third-order valence-electron chi connectivity index (χ3n) is 1.71. The second-order valence-electron chi connectivity index (χ2n) is 2.92. The van der Waals surface area contributed by atoms with Gasteiger partial charge >= 0.3 is 0 Å². The van der Waals surface area contributed by atoms with Crippen LogP contribution in [0.5, 0.6) is 0 Å². The first kappa shape index (κ1) is 11.4. The largest absolute Gasteiger partial charge is 0.341 e. The Morgan fingerprint density at radius 2 is 1.92 bits per heavy atom. The Morgan fingerprint density at radius 3 is 2.33 bits per heavy atom. The smallest absolute Gasteiger partial charge is 0.222 e. The van der Waals surface area contributed by atoms with Crippen molar-refractivity contribution < 1.29 is 4.79 Å². The van der Waals surface area contributed by atoms with Crippen LogP contribution in [0.2, 0.25) is 0 Å². The predicted molar refractivity (Wildman–Crippen MR) is 50.8 cm³/mol. The normalized spacial score (nSPS) is 9.92. The van der Waals surface area contributed by atoms with E-state index in [-0.39, 0.29) is 5.91 Å². The molecule has 3 nitrogen and oxygen atoms in total. The zero-order valence-corrected chi connectivity index (χ0v) is 8.18. The summed E-state index contributed by atoms with van der Waals surface area (Å²) in [4.78, 5) is 13.2. The van der Waals surface area contributed by atoms with Crippen molar-refractivity contribution in [1.82, 2.24) is 4.90 Å². The maximum absolute atomic E-state index is 11.4. The standard InChI is InChI=1S/C9H20N2O/c1-3-5-9(12)11(7-4-2)8-6-10/h3-8,10H2,1-2H3. The van der Waals surface area contributed by atoms with E-state index in [1.54, 1.807) is 0 Å². The fourth-order valence-corrected chi connectivity index (χ4v) is 1.16. The molecule has 0 saturated heterocycles. The Morgan fingerprint density at radius 1 is 1.25 bits per heavy atom. The molecule has 1 amide bonds. The van der Waals surface area contributed by atoms with E-state index in [1.807, 2.05) is 11.8 Å². The van der Waals surface area contributed by atoms with Gasteiger partial charge in [-0.25, -0.2) is 0 Å². The summed E-state index contributed by atoms with van der Waals surface area (Å²) < 4.78 is 0. The van der Waals surface area contributed by atoms with Gasteiger partial charge in [0.25, 0.3) is 0 Å². The molecule has 0 aliphatic rings. The molecule has 0 heterocycles. The molecular weight excluding hydrogens is 152 g/mol. The molecule has 3 heteroatoms. The van der Waals surface area contributed by atoms with Gasteiger partial charge in [0, 0.05) is 26.1 Å². The lowest BCUT2D eigenvalue weighted by Gasteiger charge is -2.20. The molecule has 0 radical (unpaired) electrons. The van der Waals surface area contributed by atoms with Gasteiger partial charge in [-0.15, -0.1) is 0 Å². The van der Waals surface area contributed by atoms with Gasteiger partial charge in [0.1, 0.15) is 0 Å². The monoisotopic (exact) mass is 172 g/mol. The lowest BCUT2D eigenvalue weighted by molar-refractivity contribution is -0.131. The van der Waals surface area contributed by atoms with E-state index in [2.05, 4.69) is 6.92 Å². The fourth-order valence-electron chi connectivity index (χ4n) is 1.16. The molecule has 0 aromatic heterocycles. The summed E-state index contributed by atoms with van der Waals surface area (Å²) in [5.41, 5.74) is 5.40. The average molecular weight is 172 g/mol. The van der Waals surface area contributed by atoms with Gasteiger partial charge in [-0.05, 0) is 12.8 Å². The van der Waals surface area contributed by atoms with Crippen molar-refractivity contribution in [3.63, 3.8) is 0 Å². The lowest BCUT2D eigenvalue weighted by atomic mass is 10.3. The van der Waals surface area contributed by atoms with Gasteiger partial charge < -0.3 is 10.6 Å². The van der Waals surface area contributed by atoms with Gasteiger partial charge in [0.05, 0.1) is 0 Å². The summed E-state index contributed by atoms with van der Waals surface area (Å²) in [5, 5.41) is 0. The summed E-state index contributed by atoms with van der Waals surface area (Å²) >= 11 is 0. The number of nitrogens with zero attached hydrogens (tertiary/aromatic N) is 1. The number of rotatable bonds is 6. The van der Waals surface area contributed by atoms with Gasteiger partial charge in [0.15, 0.2) is 0 Å². The first-order chi connectivity index (χ1) is 5.76. The van der Waals surface area contributed by atoms with Crippen LogP contribution >= 0.6 is 0 Å². The number of nitrogens with two attached hydrogens (primary N) is 1. The van der Waals surface area contributed by atoms with Crippen LogP contribution < -0.4 is 5.73 Å². The van der Waals surface area contributed by atoms with Gasteiger partial charge in [-0.3, -0.25) is 4.79 Å². The zero-order valence-electron chi connectivity index (χ0n) is 8.18.